The average molecular weight is 444 g/mol. The molecule has 7 nitrogen and oxygen atoms in total. The number of likely N-dealkylation sites (tertiary alicyclic amines) is 1. The fourth-order valence-corrected chi connectivity index (χ4v) is 4.62. The van der Waals surface area contributed by atoms with Gasteiger partial charge in [-0.2, -0.15) is 0 Å². The molecule has 0 bridgehead atoms. The first kappa shape index (κ1) is 21.0. The van der Waals surface area contributed by atoms with Crippen LogP contribution in [0.25, 0.3) is 0 Å². The van der Waals surface area contributed by atoms with E-state index in [0.717, 1.165) is 24.9 Å². The number of hydrogen-bond donors (Lipinski definition) is 1. The van der Waals surface area contributed by atoms with Gasteiger partial charge < -0.3 is 19.5 Å². The second-order valence-electron chi connectivity index (χ2n) is 8.39. The van der Waals surface area contributed by atoms with Gasteiger partial charge in [0.15, 0.2) is 5.76 Å². The van der Waals surface area contributed by atoms with Crippen LogP contribution in [0.15, 0.2) is 71.3 Å². The third kappa shape index (κ3) is 4.14. The molecule has 0 saturated carbocycles. The number of carbonyl (C=O) groups is 3. The van der Waals surface area contributed by atoms with Gasteiger partial charge in [-0.1, -0.05) is 18.2 Å². The number of rotatable bonds is 4. The van der Waals surface area contributed by atoms with Crippen LogP contribution in [0, 0.1) is 0 Å². The maximum atomic E-state index is 13.0. The molecule has 1 aromatic heterocycles. The second-order valence-corrected chi connectivity index (χ2v) is 8.39. The minimum atomic E-state index is -0.557. The molecule has 33 heavy (non-hydrogen) atoms. The monoisotopic (exact) mass is 443 g/mol. The molecule has 1 saturated heterocycles. The molecule has 1 N–H and O–H groups in total. The van der Waals surface area contributed by atoms with Gasteiger partial charge >= 0.3 is 0 Å². The van der Waals surface area contributed by atoms with Crippen molar-refractivity contribution < 1.29 is 18.8 Å². The Morgan fingerprint density at radius 1 is 0.879 bits per heavy atom. The molecule has 5 rings (SSSR count). The smallest absolute Gasteiger partial charge is 0.290 e. The van der Waals surface area contributed by atoms with Crippen LogP contribution < -0.4 is 10.2 Å². The van der Waals surface area contributed by atoms with Crippen LogP contribution in [0.5, 0.6) is 0 Å². The SMILES string of the molecule is O=C(Nc1ccc(C(=O)N2CCc3ccccc32)cc1)C1CCCCN1C(=O)c1ccco1. The summed E-state index contributed by atoms with van der Waals surface area (Å²) in [7, 11) is 0. The predicted octanol–water partition coefficient (Wildman–Crippen LogP) is 4.12. The third-order valence-electron chi connectivity index (χ3n) is 6.33. The Labute approximate surface area is 192 Å². The molecule has 3 amide bonds. The van der Waals surface area contributed by atoms with Crippen molar-refractivity contribution >= 4 is 29.1 Å². The molecule has 7 heteroatoms. The zero-order valence-corrected chi connectivity index (χ0v) is 18.2. The number of furan rings is 1. The molecule has 0 aliphatic carbocycles. The molecular formula is C26H25N3O4. The standard InChI is InChI=1S/C26H25N3O4/c30-24(22-8-3-4-15-28(22)26(32)23-9-5-17-33-23)27-20-12-10-19(11-13-20)25(31)29-16-14-18-6-1-2-7-21(18)29/h1-2,5-7,9-13,17,22H,3-4,8,14-16H2,(H,27,30). The summed E-state index contributed by atoms with van der Waals surface area (Å²) in [6.07, 6.45) is 4.64. The summed E-state index contributed by atoms with van der Waals surface area (Å²) in [5.74, 6) is -0.324. The summed E-state index contributed by atoms with van der Waals surface area (Å²) >= 11 is 0. The summed E-state index contributed by atoms with van der Waals surface area (Å²) in [4.78, 5) is 42.2. The number of anilines is 2. The summed E-state index contributed by atoms with van der Waals surface area (Å²) in [6.45, 7) is 1.18. The summed E-state index contributed by atoms with van der Waals surface area (Å²) in [5, 5.41) is 2.90. The van der Waals surface area contributed by atoms with Gasteiger partial charge in [-0.15, -0.1) is 0 Å². The number of carbonyl (C=O) groups excluding carboxylic acids is 3. The van der Waals surface area contributed by atoms with E-state index in [1.165, 1.54) is 11.8 Å². The Kier molecular flexibility index (Phi) is 5.69. The predicted molar refractivity (Wildman–Crippen MR) is 124 cm³/mol. The highest BCUT2D eigenvalue weighted by atomic mass is 16.3. The van der Waals surface area contributed by atoms with Gasteiger partial charge in [0.25, 0.3) is 11.8 Å². The molecule has 1 atom stereocenters. The Bertz CT molecular complexity index is 1170. The van der Waals surface area contributed by atoms with Crippen LogP contribution in [0.4, 0.5) is 11.4 Å². The van der Waals surface area contributed by atoms with E-state index in [9.17, 15) is 14.4 Å². The summed E-state index contributed by atoms with van der Waals surface area (Å²) < 4.78 is 5.24. The van der Waals surface area contributed by atoms with E-state index in [2.05, 4.69) is 5.32 Å². The van der Waals surface area contributed by atoms with E-state index < -0.39 is 6.04 Å². The molecule has 1 fully saturated rings. The van der Waals surface area contributed by atoms with Gasteiger partial charge in [0, 0.05) is 30.0 Å². The number of amides is 3. The number of piperidine rings is 1. The van der Waals surface area contributed by atoms with E-state index >= 15 is 0 Å². The number of hydrogen-bond acceptors (Lipinski definition) is 4. The first-order chi connectivity index (χ1) is 16.1. The first-order valence-corrected chi connectivity index (χ1v) is 11.3. The lowest BCUT2D eigenvalue weighted by molar-refractivity contribution is -0.121. The number of nitrogens with zero attached hydrogens (tertiary/aromatic N) is 2. The van der Waals surface area contributed by atoms with Crippen molar-refractivity contribution in [2.24, 2.45) is 0 Å². The maximum Gasteiger partial charge on any atom is 0.290 e. The zero-order chi connectivity index (χ0) is 22.8. The molecule has 3 aromatic rings. The average Bonchev–Trinajstić information content (AvgIpc) is 3.54. The highest BCUT2D eigenvalue weighted by Gasteiger charge is 2.33. The lowest BCUT2D eigenvalue weighted by Crippen LogP contribution is -2.49. The van der Waals surface area contributed by atoms with Crippen LogP contribution in [0.2, 0.25) is 0 Å². The second kappa shape index (κ2) is 8.94. The molecular weight excluding hydrogens is 418 g/mol. The van der Waals surface area contributed by atoms with Gasteiger partial charge in [-0.3, -0.25) is 14.4 Å². The first-order valence-electron chi connectivity index (χ1n) is 11.3. The maximum absolute atomic E-state index is 13.0. The number of para-hydroxylation sites is 1. The molecule has 2 aliphatic heterocycles. The van der Waals surface area contributed by atoms with E-state index in [1.807, 2.05) is 24.3 Å². The highest BCUT2D eigenvalue weighted by molar-refractivity contribution is 6.07. The number of fused-ring (bicyclic) bond motifs is 1. The van der Waals surface area contributed by atoms with E-state index in [4.69, 9.17) is 4.42 Å². The van der Waals surface area contributed by atoms with Crippen molar-refractivity contribution in [1.29, 1.82) is 0 Å². The van der Waals surface area contributed by atoms with Gasteiger partial charge in [-0.25, -0.2) is 0 Å². The zero-order valence-electron chi connectivity index (χ0n) is 18.2. The lowest BCUT2D eigenvalue weighted by Gasteiger charge is -2.34. The van der Waals surface area contributed by atoms with Crippen molar-refractivity contribution in [3.63, 3.8) is 0 Å². The lowest BCUT2D eigenvalue weighted by atomic mass is 10.0. The van der Waals surface area contributed by atoms with Crippen molar-refractivity contribution in [2.75, 3.05) is 23.3 Å². The van der Waals surface area contributed by atoms with Crippen LogP contribution in [-0.2, 0) is 11.2 Å². The van der Waals surface area contributed by atoms with Crippen LogP contribution >= 0.6 is 0 Å². The third-order valence-corrected chi connectivity index (χ3v) is 6.33. The highest BCUT2D eigenvalue weighted by Crippen LogP contribution is 2.29. The quantitative estimate of drug-likeness (QED) is 0.658. The molecule has 168 valence electrons. The summed E-state index contributed by atoms with van der Waals surface area (Å²) in [6, 6.07) is 17.6. The van der Waals surface area contributed by atoms with Gasteiger partial charge in [-0.05, 0) is 73.7 Å². The normalized spacial score (nSPS) is 17.5. The van der Waals surface area contributed by atoms with Crippen LogP contribution in [0.1, 0.15) is 45.7 Å². The van der Waals surface area contributed by atoms with Crippen LogP contribution in [0.3, 0.4) is 0 Å². The Morgan fingerprint density at radius 3 is 2.48 bits per heavy atom. The van der Waals surface area contributed by atoms with E-state index in [1.54, 1.807) is 46.2 Å². The molecule has 0 spiro atoms. The van der Waals surface area contributed by atoms with Gasteiger partial charge in [0.2, 0.25) is 5.91 Å². The number of nitrogens with one attached hydrogen (secondary N) is 1. The van der Waals surface area contributed by atoms with Crippen molar-refractivity contribution in [1.82, 2.24) is 4.90 Å². The Balaban J connectivity index is 1.26. The molecule has 0 radical (unpaired) electrons. The largest absolute Gasteiger partial charge is 0.459 e. The molecule has 3 heterocycles. The topological polar surface area (TPSA) is 82.9 Å². The minimum absolute atomic E-state index is 0.0553. The molecule has 2 aliphatic rings. The van der Waals surface area contributed by atoms with E-state index in [0.29, 0.717) is 30.8 Å². The van der Waals surface area contributed by atoms with Crippen molar-refractivity contribution in [2.45, 2.75) is 31.7 Å². The fraction of sp³-hybridized carbons (Fsp3) is 0.269. The van der Waals surface area contributed by atoms with Crippen LogP contribution in [-0.4, -0.2) is 41.8 Å². The van der Waals surface area contributed by atoms with E-state index in [-0.39, 0.29) is 23.5 Å². The van der Waals surface area contributed by atoms with Crippen molar-refractivity contribution in [3.05, 3.63) is 83.8 Å². The molecule has 2 aromatic carbocycles. The van der Waals surface area contributed by atoms with Gasteiger partial charge in [0.05, 0.1) is 6.26 Å². The Morgan fingerprint density at radius 2 is 1.70 bits per heavy atom. The minimum Gasteiger partial charge on any atom is -0.459 e. The summed E-state index contributed by atoms with van der Waals surface area (Å²) in [5.41, 5.74) is 3.29. The van der Waals surface area contributed by atoms with Crippen molar-refractivity contribution in [3.8, 4) is 0 Å². The molecule has 1 unspecified atom stereocenters. The Hall–Kier alpha value is -3.87. The number of benzene rings is 2. The van der Waals surface area contributed by atoms with Gasteiger partial charge in [0.1, 0.15) is 6.04 Å². The fourth-order valence-electron chi connectivity index (χ4n) is 4.62.